The highest BCUT2D eigenvalue weighted by atomic mass is 16.2. The first-order valence-corrected chi connectivity index (χ1v) is 7.13. The molecule has 1 unspecified atom stereocenters. The van der Waals surface area contributed by atoms with Crippen LogP contribution in [0.15, 0.2) is 24.3 Å². The van der Waals surface area contributed by atoms with E-state index < -0.39 is 0 Å². The third kappa shape index (κ3) is 2.05. The van der Waals surface area contributed by atoms with Crippen LogP contribution in [0.25, 0.3) is 0 Å². The highest BCUT2D eigenvalue weighted by Crippen LogP contribution is 2.29. The zero-order valence-corrected chi connectivity index (χ0v) is 11.1. The third-order valence-electron chi connectivity index (χ3n) is 4.54. The van der Waals surface area contributed by atoms with Crippen LogP contribution in [-0.2, 0) is 17.6 Å². The topological polar surface area (TPSA) is 20.3 Å². The van der Waals surface area contributed by atoms with Crippen LogP contribution in [0.1, 0.15) is 30.9 Å². The molecule has 1 aliphatic carbocycles. The van der Waals surface area contributed by atoms with E-state index in [9.17, 15) is 4.79 Å². The molecule has 1 amide bonds. The molecule has 1 saturated heterocycles. The summed E-state index contributed by atoms with van der Waals surface area (Å²) < 4.78 is 0. The summed E-state index contributed by atoms with van der Waals surface area (Å²) in [6.07, 6.45) is 4.25. The predicted molar refractivity (Wildman–Crippen MR) is 72.3 cm³/mol. The van der Waals surface area contributed by atoms with Gasteiger partial charge in [-0.1, -0.05) is 31.2 Å². The lowest BCUT2D eigenvalue weighted by Gasteiger charge is -2.41. The monoisotopic (exact) mass is 243 g/mol. The Morgan fingerprint density at radius 3 is 2.72 bits per heavy atom. The molecule has 18 heavy (non-hydrogen) atoms. The van der Waals surface area contributed by atoms with Crippen LogP contribution in [-0.4, -0.2) is 23.9 Å². The summed E-state index contributed by atoms with van der Waals surface area (Å²) in [4.78, 5) is 14.4. The highest BCUT2D eigenvalue weighted by Gasteiger charge is 2.34. The molecule has 1 aliphatic heterocycles. The zero-order valence-electron chi connectivity index (χ0n) is 11.1. The lowest BCUT2D eigenvalue weighted by molar-refractivity contribution is -0.142. The van der Waals surface area contributed by atoms with E-state index in [1.807, 2.05) is 0 Å². The van der Waals surface area contributed by atoms with Crippen molar-refractivity contribution in [2.75, 3.05) is 13.1 Å². The summed E-state index contributed by atoms with van der Waals surface area (Å²) in [5.41, 5.74) is 2.83. The van der Waals surface area contributed by atoms with Crippen molar-refractivity contribution in [3.63, 3.8) is 0 Å². The molecule has 0 N–H and O–H groups in total. The van der Waals surface area contributed by atoms with Crippen molar-refractivity contribution in [1.29, 1.82) is 0 Å². The Hall–Kier alpha value is -1.31. The molecule has 96 valence electrons. The number of aryl methyl sites for hydroxylation is 1. The Kier molecular flexibility index (Phi) is 3.11. The molecule has 3 rings (SSSR count). The van der Waals surface area contributed by atoms with Gasteiger partial charge < -0.3 is 4.90 Å². The summed E-state index contributed by atoms with van der Waals surface area (Å²) in [6, 6.07) is 8.57. The average Bonchev–Trinajstić information content (AvgIpc) is 2.37. The van der Waals surface area contributed by atoms with Crippen LogP contribution in [0.2, 0.25) is 0 Å². The predicted octanol–water partition coefficient (Wildman–Crippen LogP) is 2.66. The molecule has 0 spiro atoms. The Balaban J connectivity index is 1.64. The van der Waals surface area contributed by atoms with Crippen LogP contribution >= 0.6 is 0 Å². The largest absolute Gasteiger partial charge is 0.342 e. The van der Waals surface area contributed by atoms with E-state index >= 15 is 0 Å². The van der Waals surface area contributed by atoms with E-state index in [0.29, 0.717) is 5.91 Å². The van der Waals surface area contributed by atoms with Gasteiger partial charge in [0, 0.05) is 19.0 Å². The first-order valence-electron chi connectivity index (χ1n) is 7.13. The van der Waals surface area contributed by atoms with E-state index in [-0.39, 0.29) is 5.92 Å². The molecule has 2 heteroatoms. The Morgan fingerprint density at radius 2 is 2.00 bits per heavy atom. The molecule has 1 fully saturated rings. The molecule has 0 aromatic heterocycles. The van der Waals surface area contributed by atoms with Gasteiger partial charge in [0.15, 0.2) is 0 Å². The fourth-order valence-electron chi connectivity index (χ4n) is 3.17. The minimum absolute atomic E-state index is 0.234. The number of carbonyl (C=O) groups excluding carboxylic acids is 1. The van der Waals surface area contributed by atoms with Gasteiger partial charge in [-0.2, -0.15) is 0 Å². The number of hydrogen-bond donors (Lipinski definition) is 0. The molecule has 2 aliphatic rings. The van der Waals surface area contributed by atoms with Crippen molar-refractivity contribution < 1.29 is 4.79 Å². The molecule has 1 heterocycles. The van der Waals surface area contributed by atoms with E-state index in [1.54, 1.807) is 0 Å². The average molecular weight is 243 g/mol. The first kappa shape index (κ1) is 11.8. The molecule has 1 aromatic rings. The molecule has 2 nitrogen and oxygen atoms in total. The summed E-state index contributed by atoms with van der Waals surface area (Å²) in [5, 5.41) is 0. The zero-order chi connectivity index (χ0) is 12.5. The second-order valence-electron chi connectivity index (χ2n) is 5.73. The highest BCUT2D eigenvalue weighted by molar-refractivity contribution is 5.80. The summed E-state index contributed by atoms with van der Waals surface area (Å²) in [5.74, 6) is 1.39. The van der Waals surface area contributed by atoms with Crippen LogP contribution < -0.4 is 0 Å². The van der Waals surface area contributed by atoms with Gasteiger partial charge in [-0.3, -0.25) is 4.79 Å². The van der Waals surface area contributed by atoms with E-state index in [4.69, 9.17) is 0 Å². The maximum atomic E-state index is 12.4. The molecule has 1 aromatic carbocycles. The molecule has 0 bridgehead atoms. The maximum Gasteiger partial charge on any atom is 0.226 e. The number of benzene rings is 1. The van der Waals surface area contributed by atoms with Gasteiger partial charge in [0.1, 0.15) is 0 Å². The smallest absolute Gasteiger partial charge is 0.226 e. The summed E-state index contributed by atoms with van der Waals surface area (Å²) in [7, 11) is 0. The Bertz CT molecular complexity index is 448. The molecular formula is C16H21NO. The SMILES string of the molecule is CCC1CN(C(=O)C2CCc3ccccc3C2)C1. The number of amides is 1. The van der Waals surface area contributed by atoms with Gasteiger partial charge in [0.2, 0.25) is 5.91 Å². The van der Waals surface area contributed by atoms with Crippen molar-refractivity contribution in [2.24, 2.45) is 11.8 Å². The first-order chi connectivity index (χ1) is 8.78. The fraction of sp³-hybridized carbons (Fsp3) is 0.562. The van der Waals surface area contributed by atoms with Gasteiger partial charge in [-0.05, 0) is 42.7 Å². The molecular weight excluding hydrogens is 222 g/mol. The maximum absolute atomic E-state index is 12.4. The van der Waals surface area contributed by atoms with Crippen molar-refractivity contribution in [3.05, 3.63) is 35.4 Å². The Labute approximate surface area is 109 Å². The van der Waals surface area contributed by atoms with Gasteiger partial charge in [0.25, 0.3) is 0 Å². The van der Waals surface area contributed by atoms with Crippen molar-refractivity contribution in [2.45, 2.75) is 32.6 Å². The number of fused-ring (bicyclic) bond motifs is 1. The molecule has 0 radical (unpaired) electrons. The van der Waals surface area contributed by atoms with Gasteiger partial charge in [0.05, 0.1) is 0 Å². The normalized spacial score (nSPS) is 23.4. The van der Waals surface area contributed by atoms with Crippen LogP contribution in [0.4, 0.5) is 0 Å². The van der Waals surface area contributed by atoms with Crippen molar-refractivity contribution >= 4 is 5.91 Å². The number of carbonyl (C=O) groups is 1. The number of nitrogens with zero attached hydrogens (tertiary/aromatic N) is 1. The van der Waals surface area contributed by atoms with Gasteiger partial charge in [-0.15, -0.1) is 0 Å². The van der Waals surface area contributed by atoms with Crippen LogP contribution in [0.3, 0.4) is 0 Å². The number of hydrogen-bond acceptors (Lipinski definition) is 1. The van der Waals surface area contributed by atoms with E-state index in [2.05, 4.69) is 36.1 Å². The minimum Gasteiger partial charge on any atom is -0.342 e. The fourth-order valence-corrected chi connectivity index (χ4v) is 3.17. The van der Waals surface area contributed by atoms with Gasteiger partial charge in [-0.25, -0.2) is 0 Å². The molecule has 0 saturated carbocycles. The van der Waals surface area contributed by atoms with Crippen LogP contribution in [0, 0.1) is 11.8 Å². The van der Waals surface area contributed by atoms with Gasteiger partial charge >= 0.3 is 0 Å². The number of rotatable bonds is 2. The summed E-state index contributed by atoms with van der Waals surface area (Å²) in [6.45, 7) is 4.20. The third-order valence-corrected chi connectivity index (χ3v) is 4.54. The standard InChI is InChI=1S/C16H21NO/c1-2-12-10-17(11-12)16(18)15-8-7-13-5-3-4-6-14(13)9-15/h3-6,12,15H,2,7-11H2,1H3. The number of likely N-dealkylation sites (tertiary alicyclic amines) is 1. The van der Waals surface area contributed by atoms with E-state index in [1.165, 1.54) is 17.5 Å². The quantitative estimate of drug-likeness (QED) is 0.782. The lowest BCUT2D eigenvalue weighted by Crippen LogP contribution is -2.52. The summed E-state index contributed by atoms with van der Waals surface area (Å²) >= 11 is 0. The Morgan fingerprint density at radius 1 is 1.28 bits per heavy atom. The second kappa shape index (κ2) is 4.75. The van der Waals surface area contributed by atoms with Crippen molar-refractivity contribution in [1.82, 2.24) is 4.90 Å². The molecule has 1 atom stereocenters. The van der Waals surface area contributed by atoms with E-state index in [0.717, 1.165) is 38.3 Å². The van der Waals surface area contributed by atoms with Crippen molar-refractivity contribution in [3.8, 4) is 0 Å². The van der Waals surface area contributed by atoms with Crippen LogP contribution in [0.5, 0.6) is 0 Å². The minimum atomic E-state index is 0.234. The second-order valence-corrected chi connectivity index (χ2v) is 5.73. The lowest BCUT2D eigenvalue weighted by atomic mass is 9.82.